The highest BCUT2D eigenvalue weighted by molar-refractivity contribution is 5.81. The van der Waals surface area contributed by atoms with E-state index < -0.39 is 23.1 Å². The third-order valence-electron chi connectivity index (χ3n) is 6.41. The van der Waals surface area contributed by atoms with Crippen LogP contribution in [0.2, 0.25) is 0 Å². The lowest BCUT2D eigenvalue weighted by Crippen LogP contribution is -2.38. The zero-order valence-electron chi connectivity index (χ0n) is 21.4. The van der Waals surface area contributed by atoms with Crippen LogP contribution in [-0.4, -0.2) is 42.6 Å². The average Bonchev–Trinajstić information content (AvgIpc) is 2.88. The summed E-state index contributed by atoms with van der Waals surface area (Å²) in [4.78, 5) is 24.1. The number of carboxylic acid groups (broad SMARTS) is 2. The molecule has 0 bridgehead atoms. The van der Waals surface area contributed by atoms with Crippen molar-refractivity contribution >= 4 is 11.9 Å². The van der Waals surface area contributed by atoms with Crippen LogP contribution in [0.25, 0.3) is 11.1 Å². The number of carbonyl (C=O) groups is 2. The maximum Gasteiger partial charge on any atom is 0.352 e. The van der Waals surface area contributed by atoms with E-state index in [0.29, 0.717) is 0 Å². The Labute approximate surface area is 228 Å². The minimum atomic E-state index is -1.90. The first-order chi connectivity index (χ1) is 18.8. The van der Waals surface area contributed by atoms with E-state index in [-0.39, 0.29) is 45.6 Å². The lowest BCUT2D eigenvalue weighted by Gasteiger charge is -2.27. The summed E-state index contributed by atoms with van der Waals surface area (Å²) in [7, 11) is 0. The Morgan fingerprint density at radius 3 is 1.05 bits per heavy atom. The number of phenols is 4. The van der Waals surface area contributed by atoms with Gasteiger partial charge in [-0.3, -0.25) is 0 Å². The highest BCUT2D eigenvalue weighted by Gasteiger charge is 2.40. The Kier molecular flexibility index (Phi) is 7.20. The van der Waals surface area contributed by atoms with Crippen LogP contribution >= 0.6 is 0 Å². The van der Waals surface area contributed by atoms with Gasteiger partial charge in [0.05, 0.1) is 0 Å². The van der Waals surface area contributed by atoms with Crippen LogP contribution in [-0.2, 0) is 20.8 Å². The molecule has 0 saturated carbocycles. The molecule has 0 spiro atoms. The monoisotopic (exact) mass is 546 g/mol. The number of rotatable bonds is 9. The summed E-state index contributed by atoms with van der Waals surface area (Å²) >= 11 is 0. The van der Waals surface area contributed by atoms with Crippen LogP contribution in [0.5, 0.6) is 34.5 Å². The molecule has 40 heavy (non-hydrogen) atoms. The second-order valence-electron chi connectivity index (χ2n) is 9.41. The predicted octanol–water partition coefficient (Wildman–Crippen LogP) is 4.93. The number of benzene rings is 4. The Hall–Kier alpha value is -5.38. The largest absolute Gasteiger partial charge is 0.508 e. The van der Waals surface area contributed by atoms with E-state index in [1.54, 1.807) is 48.5 Å². The maximum absolute atomic E-state index is 12.1. The zero-order valence-corrected chi connectivity index (χ0v) is 21.4. The summed E-state index contributed by atoms with van der Waals surface area (Å²) in [5, 5.41) is 58.8. The quantitative estimate of drug-likeness (QED) is 0.169. The fraction of sp³-hybridized carbons (Fsp3) is 0.133. The van der Waals surface area contributed by atoms with E-state index in [1.165, 1.54) is 38.1 Å². The summed E-state index contributed by atoms with van der Waals surface area (Å²) < 4.78 is 11.5. The molecule has 10 nitrogen and oxygen atoms in total. The highest BCUT2D eigenvalue weighted by atomic mass is 16.5. The molecule has 0 fully saturated rings. The summed E-state index contributed by atoms with van der Waals surface area (Å²) in [6, 6.07) is 20.0. The van der Waals surface area contributed by atoms with E-state index in [1.807, 2.05) is 0 Å². The van der Waals surface area contributed by atoms with Gasteiger partial charge < -0.3 is 40.1 Å². The van der Waals surface area contributed by atoms with Gasteiger partial charge in [-0.1, -0.05) is 24.3 Å². The fourth-order valence-electron chi connectivity index (χ4n) is 4.10. The second-order valence-corrected chi connectivity index (χ2v) is 9.41. The van der Waals surface area contributed by atoms with Crippen molar-refractivity contribution in [2.75, 3.05) is 0 Å². The molecular formula is C30H26O10. The van der Waals surface area contributed by atoms with Gasteiger partial charge in [-0.15, -0.1) is 0 Å². The SMILES string of the molecule is CC(Oc1ccc(-c2ccc(OC(C)(C(=O)O)c3cc(O)cc(O)c3)cc2)cc1)(C(=O)O)c1cc(O)cc(O)c1. The molecule has 4 aromatic carbocycles. The van der Waals surface area contributed by atoms with Crippen molar-refractivity contribution in [2.45, 2.75) is 25.0 Å². The summed E-state index contributed by atoms with van der Waals surface area (Å²) in [5.74, 6) is -3.44. The Morgan fingerprint density at radius 1 is 0.525 bits per heavy atom. The van der Waals surface area contributed by atoms with Gasteiger partial charge in [-0.2, -0.15) is 0 Å². The number of aliphatic carboxylic acids is 2. The van der Waals surface area contributed by atoms with E-state index in [2.05, 4.69) is 0 Å². The summed E-state index contributed by atoms with van der Waals surface area (Å²) in [5.41, 5.74) is -2.23. The number of hydrogen-bond donors (Lipinski definition) is 6. The van der Waals surface area contributed by atoms with Crippen LogP contribution in [0.4, 0.5) is 0 Å². The van der Waals surface area contributed by atoms with Crippen LogP contribution in [0.15, 0.2) is 84.9 Å². The predicted molar refractivity (Wildman–Crippen MR) is 143 cm³/mol. The summed E-state index contributed by atoms with van der Waals surface area (Å²) in [6.45, 7) is 2.61. The van der Waals surface area contributed by atoms with Crippen molar-refractivity contribution in [3.8, 4) is 45.6 Å². The lowest BCUT2D eigenvalue weighted by atomic mass is 9.95. The Bertz CT molecular complexity index is 1400. The van der Waals surface area contributed by atoms with Gasteiger partial charge >= 0.3 is 11.9 Å². The van der Waals surface area contributed by atoms with Gasteiger partial charge in [0.2, 0.25) is 11.2 Å². The third-order valence-corrected chi connectivity index (χ3v) is 6.41. The maximum atomic E-state index is 12.1. The van der Waals surface area contributed by atoms with Crippen molar-refractivity contribution in [2.24, 2.45) is 0 Å². The van der Waals surface area contributed by atoms with Gasteiger partial charge in [0, 0.05) is 23.3 Å². The molecule has 6 N–H and O–H groups in total. The number of aromatic hydroxyl groups is 4. The average molecular weight is 547 g/mol. The highest BCUT2D eigenvalue weighted by Crippen LogP contribution is 2.36. The van der Waals surface area contributed by atoms with Gasteiger partial charge in [-0.05, 0) is 73.5 Å². The molecule has 206 valence electrons. The zero-order chi connectivity index (χ0) is 29.2. The molecule has 0 aliphatic rings. The molecule has 0 radical (unpaired) electrons. The lowest BCUT2D eigenvalue weighted by molar-refractivity contribution is -0.155. The molecule has 0 aliphatic carbocycles. The molecule has 0 amide bonds. The molecule has 0 aliphatic heterocycles. The van der Waals surface area contributed by atoms with E-state index in [9.17, 15) is 40.2 Å². The van der Waals surface area contributed by atoms with Crippen molar-refractivity contribution in [3.63, 3.8) is 0 Å². The third kappa shape index (κ3) is 5.56. The van der Waals surface area contributed by atoms with E-state index in [4.69, 9.17) is 9.47 Å². The number of ether oxygens (including phenoxy) is 2. The minimum Gasteiger partial charge on any atom is -0.508 e. The number of hydrogen-bond acceptors (Lipinski definition) is 8. The molecule has 4 aromatic rings. The number of phenolic OH excluding ortho intramolecular Hbond substituents is 4. The smallest absolute Gasteiger partial charge is 0.352 e. The van der Waals surface area contributed by atoms with Crippen molar-refractivity contribution in [1.29, 1.82) is 0 Å². The topological polar surface area (TPSA) is 174 Å². The first kappa shape index (κ1) is 27.6. The van der Waals surface area contributed by atoms with Crippen LogP contribution in [0, 0.1) is 0 Å². The van der Waals surface area contributed by atoms with Crippen LogP contribution < -0.4 is 9.47 Å². The van der Waals surface area contributed by atoms with Crippen molar-refractivity contribution in [3.05, 3.63) is 96.1 Å². The molecule has 4 rings (SSSR count). The molecule has 2 unspecified atom stereocenters. The minimum absolute atomic E-state index is 0.0476. The van der Waals surface area contributed by atoms with Crippen molar-refractivity contribution < 1.29 is 49.7 Å². The second kappa shape index (κ2) is 10.4. The van der Waals surface area contributed by atoms with Gasteiger partial charge in [0.1, 0.15) is 34.5 Å². The van der Waals surface area contributed by atoms with Crippen molar-refractivity contribution in [1.82, 2.24) is 0 Å². The number of carboxylic acids is 2. The molecule has 2 atom stereocenters. The van der Waals surface area contributed by atoms with Crippen LogP contribution in [0.1, 0.15) is 25.0 Å². The van der Waals surface area contributed by atoms with Crippen LogP contribution in [0.3, 0.4) is 0 Å². The van der Waals surface area contributed by atoms with E-state index >= 15 is 0 Å². The standard InChI is InChI=1S/C30H26O10/c1-29(27(35)36,19-11-21(31)15-22(32)12-19)39-25-7-3-17(4-8-25)18-5-9-26(10-6-18)40-30(2,28(37)38)20-13-23(33)16-24(34)14-20/h3-16,31-34H,1-2H3,(H,35,36)(H,37,38). The van der Waals surface area contributed by atoms with E-state index in [0.717, 1.165) is 23.3 Å². The van der Waals surface area contributed by atoms with Gasteiger partial charge in [0.25, 0.3) is 0 Å². The molecule has 0 heterocycles. The Balaban J connectivity index is 1.54. The Morgan fingerprint density at radius 2 is 0.800 bits per heavy atom. The molecular weight excluding hydrogens is 520 g/mol. The molecule has 0 aromatic heterocycles. The molecule has 10 heteroatoms. The first-order valence-electron chi connectivity index (χ1n) is 11.9. The normalized spacial score (nSPS) is 13.9. The first-order valence-corrected chi connectivity index (χ1v) is 11.9. The summed E-state index contributed by atoms with van der Waals surface area (Å²) in [6.07, 6.45) is 0. The molecule has 0 saturated heterocycles. The van der Waals surface area contributed by atoms with Gasteiger partial charge in [0.15, 0.2) is 0 Å². The van der Waals surface area contributed by atoms with Gasteiger partial charge in [-0.25, -0.2) is 9.59 Å². The fourth-order valence-corrected chi connectivity index (χ4v) is 4.10.